The third kappa shape index (κ3) is 4.58. The van der Waals surface area contributed by atoms with Gasteiger partial charge >= 0.3 is 0 Å². The summed E-state index contributed by atoms with van der Waals surface area (Å²) in [7, 11) is 0. The van der Waals surface area contributed by atoms with E-state index in [4.69, 9.17) is 21.6 Å². The van der Waals surface area contributed by atoms with E-state index in [-0.39, 0.29) is 5.91 Å². The molecule has 1 saturated heterocycles. The molecular weight excluding hydrogens is 488 g/mol. The Morgan fingerprint density at radius 2 is 2.10 bits per heavy atom. The Balaban J connectivity index is 1.53. The SMILES string of the molecule is CCSc1nc(N2CCCC2)c2cnn(CCNC(=O)c3cc(Br)ccc3Cl)c2n1. The molecule has 3 aromatic rings. The number of amides is 1. The van der Waals surface area contributed by atoms with Crippen molar-refractivity contribution < 1.29 is 4.79 Å². The van der Waals surface area contributed by atoms with Crippen molar-refractivity contribution in [1.29, 1.82) is 0 Å². The predicted octanol–water partition coefficient (Wildman–Crippen LogP) is 4.38. The van der Waals surface area contributed by atoms with Gasteiger partial charge in [0.2, 0.25) is 0 Å². The number of fused-ring (bicyclic) bond motifs is 1. The number of nitrogens with zero attached hydrogens (tertiary/aromatic N) is 5. The van der Waals surface area contributed by atoms with E-state index in [1.807, 2.05) is 10.9 Å². The summed E-state index contributed by atoms with van der Waals surface area (Å²) in [5, 5.41) is 9.58. The first-order valence-electron chi connectivity index (χ1n) is 9.91. The van der Waals surface area contributed by atoms with E-state index in [2.05, 4.69) is 38.2 Å². The highest BCUT2D eigenvalue weighted by Crippen LogP contribution is 2.29. The average molecular weight is 510 g/mol. The molecule has 3 heterocycles. The summed E-state index contributed by atoms with van der Waals surface area (Å²) in [4.78, 5) is 24.3. The molecule has 1 fully saturated rings. The number of anilines is 1. The van der Waals surface area contributed by atoms with Gasteiger partial charge < -0.3 is 10.2 Å². The first kappa shape index (κ1) is 21.4. The fraction of sp³-hybridized carbons (Fsp3) is 0.400. The fourth-order valence-corrected chi connectivity index (χ4v) is 4.62. The largest absolute Gasteiger partial charge is 0.356 e. The Bertz CT molecular complexity index is 1070. The lowest BCUT2D eigenvalue weighted by Gasteiger charge is -2.17. The zero-order chi connectivity index (χ0) is 21.1. The standard InChI is InChI=1S/C20H22BrClN6OS/c1-2-30-20-25-17(27-8-3-4-9-27)15-12-24-28(18(15)26-20)10-7-23-19(29)14-11-13(21)5-6-16(14)22/h5-6,11-12H,2-4,7-10H2,1H3,(H,23,29). The van der Waals surface area contributed by atoms with Gasteiger partial charge in [0.25, 0.3) is 5.91 Å². The molecule has 158 valence electrons. The van der Waals surface area contributed by atoms with Gasteiger partial charge in [0, 0.05) is 24.1 Å². The van der Waals surface area contributed by atoms with E-state index in [1.54, 1.807) is 30.0 Å². The van der Waals surface area contributed by atoms with Crippen LogP contribution in [0.2, 0.25) is 5.02 Å². The van der Waals surface area contributed by atoms with Crippen molar-refractivity contribution in [3.05, 3.63) is 39.5 Å². The summed E-state index contributed by atoms with van der Waals surface area (Å²) in [5.74, 6) is 1.65. The molecule has 0 spiro atoms. The lowest BCUT2D eigenvalue weighted by atomic mass is 10.2. The smallest absolute Gasteiger partial charge is 0.252 e. The molecule has 10 heteroatoms. The summed E-state index contributed by atoms with van der Waals surface area (Å²) in [5.41, 5.74) is 1.24. The molecule has 2 aromatic heterocycles. The summed E-state index contributed by atoms with van der Waals surface area (Å²) in [6.07, 6.45) is 4.19. The Hall–Kier alpha value is -1.84. The highest BCUT2D eigenvalue weighted by Gasteiger charge is 2.21. The van der Waals surface area contributed by atoms with E-state index in [0.717, 1.165) is 45.3 Å². The fourth-order valence-electron chi connectivity index (χ4n) is 3.49. The van der Waals surface area contributed by atoms with Gasteiger partial charge in [-0.25, -0.2) is 14.6 Å². The van der Waals surface area contributed by atoms with Crippen LogP contribution in [0.1, 0.15) is 30.1 Å². The van der Waals surface area contributed by atoms with Gasteiger partial charge in [-0.05, 0) is 36.8 Å². The Morgan fingerprint density at radius 1 is 1.30 bits per heavy atom. The molecule has 1 amide bonds. The summed E-state index contributed by atoms with van der Waals surface area (Å²) in [6, 6.07) is 5.22. The second-order valence-electron chi connectivity index (χ2n) is 6.94. The minimum Gasteiger partial charge on any atom is -0.356 e. The third-order valence-corrected chi connectivity index (χ3v) is 6.47. The Labute approximate surface area is 192 Å². The number of carbonyl (C=O) groups excluding carboxylic acids is 1. The van der Waals surface area contributed by atoms with Gasteiger partial charge in [0.15, 0.2) is 10.8 Å². The van der Waals surface area contributed by atoms with E-state index in [9.17, 15) is 4.79 Å². The van der Waals surface area contributed by atoms with Crippen LogP contribution in [-0.4, -0.2) is 51.0 Å². The molecule has 0 bridgehead atoms. The van der Waals surface area contributed by atoms with Crippen molar-refractivity contribution >= 4 is 62.1 Å². The van der Waals surface area contributed by atoms with Crippen LogP contribution in [0.5, 0.6) is 0 Å². The van der Waals surface area contributed by atoms with Crippen molar-refractivity contribution in [3.8, 4) is 0 Å². The number of thioether (sulfide) groups is 1. The maximum Gasteiger partial charge on any atom is 0.252 e. The molecule has 0 radical (unpaired) electrons. The van der Waals surface area contributed by atoms with Crippen LogP contribution in [0.4, 0.5) is 5.82 Å². The van der Waals surface area contributed by atoms with Crippen molar-refractivity contribution in [2.24, 2.45) is 0 Å². The molecule has 4 rings (SSSR count). The molecule has 1 aliphatic rings. The Kier molecular flexibility index (Phi) is 6.80. The van der Waals surface area contributed by atoms with Gasteiger partial charge in [-0.2, -0.15) is 5.10 Å². The van der Waals surface area contributed by atoms with Gasteiger partial charge in [-0.1, -0.05) is 46.2 Å². The topological polar surface area (TPSA) is 75.9 Å². The number of aromatic nitrogens is 4. The minimum absolute atomic E-state index is 0.215. The first-order valence-corrected chi connectivity index (χ1v) is 12.1. The molecular formula is C20H22BrClN6OS. The second kappa shape index (κ2) is 9.53. The number of hydrogen-bond donors (Lipinski definition) is 1. The van der Waals surface area contributed by atoms with Crippen LogP contribution in [0, 0.1) is 0 Å². The normalized spacial score (nSPS) is 13.9. The highest BCUT2D eigenvalue weighted by atomic mass is 79.9. The summed E-state index contributed by atoms with van der Waals surface area (Å²) in [6.45, 7) is 5.03. The van der Waals surface area contributed by atoms with Crippen LogP contribution in [0.25, 0.3) is 11.0 Å². The maximum atomic E-state index is 12.5. The van der Waals surface area contributed by atoms with Crippen LogP contribution >= 0.6 is 39.3 Å². The van der Waals surface area contributed by atoms with Gasteiger partial charge in [-0.15, -0.1) is 0 Å². The Morgan fingerprint density at radius 3 is 2.87 bits per heavy atom. The van der Waals surface area contributed by atoms with E-state index >= 15 is 0 Å². The molecule has 0 unspecified atom stereocenters. The molecule has 1 N–H and O–H groups in total. The quantitative estimate of drug-likeness (QED) is 0.376. The zero-order valence-electron chi connectivity index (χ0n) is 16.6. The lowest BCUT2D eigenvalue weighted by molar-refractivity contribution is 0.0952. The van der Waals surface area contributed by atoms with Crippen LogP contribution in [0.15, 0.2) is 34.0 Å². The van der Waals surface area contributed by atoms with Crippen LogP contribution in [-0.2, 0) is 6.54 Å². The van der Waals surface area contributed by atoms with E-state index in [1.165, 1.54) is 12.8 Å². The molecule has 0 saturated carbocycles. The third-order valence-electron chi connectivity index (χ3n) is 4.92. The maximum absolute atomic E-state index is 12.5. The number of nitrogens with one attached hydrogen (secondary N) is 1. The molecule has 7 nitrogen and oxygen atoms in total. The highest BCUT2D eigenvalue weighted by molar-refractivity contribution is 9.10. The lowest BCUT2D eigenvalue weighted by Crippen LogP contribution is -2.28. The number of hydrogen-bond acceptors (Lipinski definition) is 6. The minimum atomic E-state index is -0.215. The second-order valence-corrected chi connectivity index (χ2v) is 9.50. The predicted molar refractivity (Wildman–Crippen MR) is 125 cm³/mol. The van der Waals surface area contributed by atoms with Crippen molar-refractivity contribution in [2.45, 2.75) is 31.5 Å². The number of carbonyl (C=O) groups is 1. The average Bonchev–Trinajstić information content (AvgIpc) is 3.40. The number of rotatable bonds is 7. The van der Waals surface area contributed by atoms with Crippen molar-refractivity contribution in [3.63, 3.8) is 0 Å². The molecule has 1 aromatic carbocycles. The van der Waals surface area contributed by atoms with Gasteiger partial charge in [0.05, 0.1) is 28.7 Å². The monoisotopic (exact) mass is 508 g/mol. The van der Waals surface area contributed by atoms with E-state index in [0.29, 0.717) is 23.7 Å². The number of halogens is 2. The van der Waals surface area contributed by atoms with Gasteiger partial charge in [0.1, 0.15) is 5.82 Å². The van der Waals surface area contributed by atoms with Gasteiger partial charge in [-0.3, -0.25) is 4.79 Å². The van der Waals surface area contributed by atoms with Crippen LogP contribution < -0.4 is 10.2 Å². The first-order chi connectivity index (χ1) is 14.6. The summed E-state index contributed by atoms with van der Waals surface area (Å²) < 4.78 is 2.64. The van der Waals surface area contributed by atoms with Crippen molar-refractivity contribution in [1.82, 2.24) is 25.1 Å². The summed E-state index contributed by atoms with van der Waals surface area (Å²) >= 11 is 11.1. The molecule has 30 heavy (non-hydrogen) atoms. The van der Waals surface area contributed by atoms with Crippen molar-refractivity contribution in [2.75, 3.05) is 30.3 Å². The number of benzene rings is 1. The molecule has 1 aliphatic heterocycles. The van der Waals surface area contributed by atoms with Crippen LogP contribution in [0.3, 0.4) is 0 Å². The van der Waals surface area contributed by atoms with E-state index < -0.39 is 0 Å². The molecule has 0 atom stereocenters. The molecule has 0 aliphatic carbocycles. The zero-order valence-corrected chi connectivity index (χ0v) is 19.7.